The molecule has 0 saturated carbocycles. The fourth-order valence-electron chi connectivity index (χ4n) is 9.55. The third kappa shape index (κ3) is 56.5. The number of nitrogens with one attached hydrogen (secondary N) is 1. The highest BCUT2D eigenvalue weighted by Crippen LogP contribution is 2.43. The lowest BCUT2D eigenvalue weighted by Gasteiger charge is -2.26. The van der Waals surface area contributed by atoms with Crippen LogP contribution >= 0.6 is 7.82 Å². The highest BCUT2D eigenvalue weighted by atomic mass is 31.2. The van der Waals surface area contributed by atoms with Crippen molar-refractivity contribution in [1.82, 2.24) is 5.32 Å². The van der Waals surface area contributed by atoms with Gasteiger partial charge in [0.15, 0.2) is 0 Å². The van der Waals surface area contributed by atoms with Gasteiger partial charge in [-0.15, -0.1) is 0 Å². The van der Waals surface area contributed by atoms with Crippen molar-refractivity contribution in [2.75, 3.05) is 40.9 Å². The molecule has 9 heteroatoms. The lowest BCUT2D eigenvalue weighted by atomic mass is 10.0. The number of carbonyl (C=O) groups is 1. The molecule has 1 amide bonds. The summed E-state index contributed by atoms with van der Waals surface area (Å²) in [5.74, 6) is -0.142. The first-order valence-corrected chi connectivity index (χ1v) is 32.7. The second-order valence-electron chi connectivity index (χ2n) is 22.8. The molecular weight excluding hydrogens is 900 g/mol. The number of likely N-dealkylation sites (N-methyl/N-ethyl adjacent to an activating group) is 1. The van der Waals surface area contributed by atoms with E-state index in [9.17, 15) is 19.4 Å². The van der Waals surface area contributed by atoms with Gasteiger partial charge in [-0.3, -0.25) is 13.8 Å². The number of carbonyl (C=O) groups excluding carboxylic acids is 1. The molecule has 0 bridgehead atoms. The van der Waals surface area contributed by atoms with E-state index in [2.05, 4.69) is 43.5 Å². The van der Waals surface area contributed by atoms with Crippen molar-refractivity contribution in [3.05, 3.63) is 24.3 Å². The number of rotatable bonds is 58. The molecule has 0 saturated heterocycles. The Kier molecular flexibility index (Phi) is 53.0. The second-order valence-corrected chi connectivity index (χ2v) is 24.2. The van der Waals surface area contributed by atoms with Gasteiger partial charge in [0.25, 0.3) is 0 Å². The minimum atomic E-state index is -4.31. The van der Waals surface area contributed by atoms with Crippen molar-refractivity contribution in [3.8, 4) is 0 Å². The van der Waals surface area contributed by atoms with Crippen molar-refractivity contribution in [2.45, 2.75) is 328 Å². The van der Waals surface area contributed by atoms with Crippen LogP contribution in [0.3, 0.4) is 0 Å². The van der Waals surface area contributed by atoms with Crippen LogP contribution in [0.4, 0.5) is 0 Å². The highest BCUT2D eigenvalue weighted by molar-refractivity contribution is 7.47. The predicted octanol–water partition coefficient (Wildman–Crippen LogP) is 19.2. The average molecular weight is 1020 g/mol. The molecule has 0 rings (SSSR count). The molecule has 0 radical (unpaired) electrons. The van der Waals surface area contributed by atoms with Gasteiger partial charge in [0, 0.05) is 6.42 Å². The number of allylic oxidation sites excluding steroid dienone is 4. The van der Waals surface area contributed by atoms with E-state index in [4.69, 9.17) is 9.05 Å². The molecule has 0 spiro atoms. The van der Waals surface area contributed by atoms with E-state index in [1.807, 2.05) is 21.1 Å². The number of phosphoric ester groups is 1. The number of aliphatic hydroxyl groups excluding tert-OH is 1. The van der Waals surface area contributed by atoms with Crippen molar-refractivity contribution in [2.24, 2.45) is 0 Å². The van der Waals surface area contributed by atoms with Crippen molar-refractivity contribution in [3.63, 3.8) is 0 Å². The van der Waals surface area contributed by atoms with Crippen LogP contribution < -0.4 is 5.32 Å². The molecule has 0 aromatic heterocycles. The Bertz CT molecular complexity index is 1210. The second kappa shape index (κ2) is 53.8. The van der Waals surface area contributed by atoms with Crippen molar-refractivity contribution < 1.29 is 32.9 Å². The number of quaternary nitrogens is 1. The third-order valence-electron chi connectivity index (χ3n) is 14.5. The largest absolute Gasteiger partial charge is 0.472 e. The molecular formula is C62H124N2O6P+. The van der Waals surface area contributed by atoms with E-state index in [-0.39, 0.29) is 19.1 Å². The number of hydrogen-bond acceptors (Lipinski definition) is 5. The zero-order valence-electron chi connectivity index (χ0n) is 48.2. The maximum absolute atomic E-state index is 13.0. The number of aliphatic hydroxyl groups is 1. The van der Waals surface area contributed by atoms with E-state index in [0.29, 0.717) is 23.9 Å². The maximum Gasteiger partial charge on any atom is 0.472 e. The van der Waals surface area contributed by atoms with Gasteiger partial charge in [-0.2, -0.15) is 0 Å². The van der Waals surface area contributed by atoms with Gasteiger partial charge < -0.3 is 19.8 Å². The molecule has 0 aliphatic heterocycles. The molecule has 3 unspecified atom stereocenters. The smallest absolute Gasteiger partial charge is 0.391 e. The quantitative estimate of drug-likeness (QED) is 0.0243. The summed E-state index contributed by atoms with van der Waals surface area (Å²) in [7, 11) is 1.63. The van der Waals surface area contributed by atoms with Gasteiger partial charge in [0.05, 0.1) is 39.9 Å². The van der Waals surface area contributed by atoms with Crippen LogP contribution in [0.25, 0.3) is 0 Å². The Balaban J connectivity index is 3.81. The van der Waals surface area contributed by atoms with Crippen LogP contribution in [0.15, 0.2) is 24.3 Å². The molecule has 71 heavy (non-hydrogen) atoms. The van der Waals surface area contributed by atoms with Crippen LogP contribution in [-0.4, -0.2) is 73.4 Å². The summed E-state index contributed by atoms with van der Waals surface area (Å²) >= 11 is 0. The third-order valence-corrected chi connectivity index (χ3v) is 15.4. The van der Waals surface area contributed by atoms with Gasteiger partial charge in [-0.25, -0.2) is 4.57 Å². The summed E-state index contributed by atoms with van der Waals surface area (Å²) in [5, 5.41) is 14.0. The van der Waals surface area contributed by atoms with Crippen molar-refractivity contribution in [1.29, 1.82) is 0 Å². The Morgan fingerprint density at radius 2 is 0.803 bits per heavy atom. The van der Waals surface area contributed by atoms with Crippen LogP contribution in [0.5, 0.6) is 0 Å². The molecule has 0 heterocycles. The predicted molar refractivity (Wildman–Crippen MR) is 309 cm³/mol. The first-order chi connectivity index (χ1) is 34.5. The van der Waals surface area contributed by atoms with Crippen molar-refractivity contribution >= 4 is 13.7 Å². The molecule has 0 aliphatic rings. The SMILES string of the molecule is CCCCCCCCCCCCCCCCC/C=C\C/C=C\CCCCCCCCCCCCCCCCCCCC(=O)NC(COP(=O)(O)OCC[N+](C)(C)C)C(O)CCCCCCCCCCCC. The highest BCUT2D eigenvalue weighted by Gasteiger charge is 2.28. The normalized spacial score (nSPS) is 14.0. The van der Waals surface area contributed by atoms with E-state index < -0.39 is 20.0 Å². The molecule has 0 aromatic rings. The van der Waals surface area contributed by atoms with Crippen LogP contribution in [0.2, 0.25) is 0 Å². The fourth-order valence-corrected chi connectivity index (χ4v) is 10.3. The maximum atomic E-state index is 13.0. The first-order valence-electron chi connectivity index (χ1n) is 31.2. The summed E-state index contributed by atoms with van der Waals surface area (Å²) in [6.07, 6.45) is 68.6. The Morgan fingerprint density at radius 3 is 1.15 bits per heavy atom. The lowest BCUT2D eigenvalue weighted by Crippen LogP contribution is -2.46. The van der Waals surface area contributed by atoms with E-state index >= 15 is 0 Å². The summed E-state index contributed by atoms with van der Waals surface area (Å²) < 4.78 is 23.7. The summed E-state index contributed by atoms with van der Waals surface area (Å²) in [5.41, 5.74) is 0. The van der Waals surface area contributed by atoms with E-state index in [1.165, 1.54) is 244 Å². The lowest BCUT2D eigenvalue weighted by molar-refractivity contribution is -0.870. The number of amides is 1. The minimum absolute atomic E-state index is 0.0764. The van der Waals surface area contributed by atoms with Crippen LogP contribution in [0.1, 0.15) is 316 Å². The molecule has 0 fully saturated rings. The number of nitrogens with zero attached hydrogens (tertiary/aromatic N) is 1. The Morgan fingerprint density at radius 1 is 0.479 bits per heavy atom. The zero-order valence-corrected chi connectivity index (χ0v) is 49.1. The van der Waals surface area contributed by atoms with Crippen LogP contribution in [0, 0.1) is 0 Å². The van der Waals surface area contributed by atoms with Gasteiger partial charge in [0.2, 0.25) is 5.91 Å². The number of hydrogen-bond donors (Lipinski definition) is 3. The van der Waals surface area contributed by atoms with E-state index in [0.717, 1.165) is 44.9 Å². The zero-order chi connectivity index (χ0) is 52.0. The number of phosphoric acid groups is 1. The Hall–Kier alpha value is -1.02. The molecule has 8 nitrogen and oxygen atoms in total. The molecule has 3 atom stereocenters. The minimum Gasteiger partial charge on any atom is -0.391 e. The van der Waals surface area contributed by atoms with Gasteiger partial charge in [-0.05, 0) is 44.9 Å². The number of unbranched alkanes of at least 4 members (excludes halogenated alkanes) is 41. The summed E-state index contributed by atoms with van der Waals surface area (Å²) in [6, 6.07) is -0.757. The monoisotopic (exact) mass is 1020 g/mol. The van der Waals surface area contributed by atoms with E-state index in [1.54, 1.807) is 0 Å². The molecule has 422 valence electrons. The molecule has 3 N–H and O–H groups in total. The average Bonchev–Trinajstić information content (AvgIpc) is 3.33. The van der Waals surface area contributed by atoms with Gasteiger partial charge >= 0.3 is 7.82 Å². The molecule has 0 aliphatic carbocycles. The standard InChI is InChI=1S/C62H123N2O6P/c1-6-8-10-12-14-16-18-19-20-21-22-23-24-25-26-27-28-29-30-31-32-33-34-35-36-37-38-39-40-41-42-43-44-45-46-48-50-52-54-56-62(66)63-60(59-70-71(67,68)69-58-57-64(3,4)5)61(65)55-53-51-49-47-17-15-13-11-9-7-2/h28-29,31-32,60-61,65H,6-27,30,33-59H2,1-5H3,(H-,63,66,67,68)/p+1/b29-28-,32-31-. The topological polar surface area (TPSA) is 105 Å². The van der Waals surface area contributed by atoms with Gasteiger partial charge in [0.1, 0.15) is 13.2 Å². The molecule has 0 aromatic carbocycles. The van der Waals surface area contributed by atoms with Gasteiger partial charge in [-0.1, -0.05) is 289 Å². The fraction of sp³-hybridized carbons (Fsp3) is 0.919. The summed E-state index contributed by atoms with van der Waals surface area (Å²) in [6.45, 7) is 4.90. The van der Waals surface area contributed by atoms with Crippen LogP contribution in [-0.2, 0) is 18.4 Å². The summed E-state index contributed by atoms with van der Waals surface area (Å²) in [4.78, 5) is 23.2. The Labute approximate surface area is 443 Å². The first kappa shape index (κ1) is 70.0.